The normalized spacial score (nSPS) is 13.5. The molecule has 146 valence electrons. The lowest BCUT2D eigenvalue weighted by molar-refractivity contribution is -0.133. The maximum Gasteiger partial charge on any atom is 0.145 e. The average molecular weight is 355 g/mol. The zero-order valence-electron chi connectivity index (χ0n) is 17.7. The second-order valence-corrected chi connectivity index (χ2v) is 8.20. The van der Waals surface area contributed by atoms with Crippen molar-refractivity contribution >= 4 is 23.1 Å². The molecule has 0 heterocycles. The zero-order valence-corrected chi connectivity index (χ0v) is 17.7. The van der Waals surface area contributed by atoms with Crippen molar-refractivity contribution in [2.75, 3.05) is 0 Å². The average Bonchev–Trinajstić information content (AvgIpc) is 2.52. The summed E-state index contributed by atoms with van der Waals surface area (Å²) in [5.74, 6) is 0.286. The minimum Gasteiger partial charge on any atom is -0.299 e. The number of Topliss-reactive ketones (excluding diaryl/α,β-unsaturated/α-hetero) is 4. The molecule has 0 aliphatic heterocycles. The first-order valence-corrected chi connectivity index (χ1v) is 9.39. The highest BCUT2D eigenvalue weighted by Crippen LogP contribution is 2.18. The summed E-state index contributed by atoms with van der Waals surface area (Å²) in [5, 5.41) is 0. The van der Waals surface area contributed by atoms with E-state index in [1.165, 1.54) is 0 Å². The van der Waals surface area contributed by atoms with Gasteiger partial charge in [0.15, 0.2) is 0 Å². The van der Waals surface area contributed by atoms with Crippen molar-refractivity contribution < 1.29 is 19.2 Å². The molecule has 2 unspecified atom stereocenters. The predicted molar refractivity (Wildman–Crippen MR) is 102 cm³/mol. The molecule has 25 heavy (non-hydrogen) atoms. The molecule has 4 nitrogen and oxygen atoms in total. The summed E-state index contributed by atoms with van der Waals surface area (Å²) in [5.41, 5.74) is -0.386. The van der Waals surface area contributed by atoms with Crippen molar-refractivity contribution in [2.24, 2.45) is 23.2 Å². The molecule has 0 spiro atoms. The molecule has 0 radical (unpaired) electrons. The van der Waals surface area contributed by atoms with Crippen LogP contribution >= 0.6 is 0 Å². The molecule has 0 aliphatic carbocycles. The molecule has 2 atom stereocenters. The van der Waals surface area contributed by atoms with Gasteiger partial charge in [0.2, 0.25) is 0 Å². The number of hydrogen-bond acceptors (Lipinski definition) is 4. The van der Waals surface area contributed by atoms with E-state index in [4.69, 9.17) is 0 Å². The minimum atomic E-state index is -0.386. The van der Waals surface area contributed by atoms with Crippen LogP contribution in [0.1, 0.15) is 88.0 Å². The summed E-state index contributed by atoms with van der Waals surface area (Å²) in [4.78, 5) is 45.3. The van der Waals surface area contributed by atoms with Crippen molar-refractivity contribution in [3.05, 3.63) is 0 Å². The van der Waals surface area contributed by atoms with Crippen molar-refractivity contribution in [3.63, 3.8) is 0 Å². The molecule has 0 aromatic heterocycles. The largest absolute Gasteiger partial charge is 0.299 e. The first-order valence-electron chi connectivity index (χ1n) is 9.39. The fourth-order valence-corrected chi connectivity index (χ4v) is 1.60. The van der Waals surface area contributed by atoms with Crippen molar-refractivity contribution in [1.29, 1.82) is 0 Å². The van der Waals surface area contributed by atoms with Gasteiger partial charge in [-0.1, -0.05) is 62.3 Å². The molecule has 0 aromatic carbocycles. The summed E-state index contributed by atoms with van der Waals surface area (Å²) in [7, 11) is 0. The Bertz CT molecular complexity index is 455. The topological polar surface area (TPSA) is 68.3 Å². The van der Waals surface area contributed by atoms with Gasteiger partial charge in [0.1, 0.15) is 23.1 Å². The van der Waals surface area contributed by atoms with E-state index in [9.17, 15) is 19.2 Å². The lowest BCUT2D eigenvalue weighted by Crippen LogP contribution is -2.25. The monoisotopic (exact) mass is 354 g/mol. The fourth-order valence-electron chi connectivity index (χ4n) is 1.60. The van der Waals surface area contributed by atoms with E-state index in [1.54, 1.807) is 0 Å². The number of carbonyl (C=O) groups excluding carboxylic acids is 4. The zero-order chi connectivity index (χ0) is 20.4. The van der Waals surface area contributed by atoms with Gasteiger partial charge in [-0.25, -0.2) is 0 Å². The highest BCUT2D eigenvalue weighted by Gasteiger charge is 2.25. The van der Waals surface area contributed by atoms with E-state index in [0.717, 1.165) is 12.8 Å². The standard InChI is InChI=1S/C11H20O2.C10H18O2/c1-6-8(2)9(12)7-10(13)11(3,4)5;1-5-8(4)10(12)6-9(11)7(2)3/h8H,6-7H2,1-5H3;7-8H,5-6H2,1-4H3. The Hall–Kier alpha value is -1.32. The van der Waals surface area contributed by atoms with Crippen molar-refractivity contribution in [2.45, 2.75) is 88.0 Å². The Balaban J connectivity index is 0. The Morgan fingerprint density at radius 3 is 1.32 bits per heavy atom. The molecule has 0 bridgehead atoms. The molecule has 0 N–H and O–H groups in total. The summed E-state index contributed by atoms with van der Waals surface area (Å²) < 4.78 is 0. The van der Waals surface area contributed by atoms with Gasteiger partial charge in [0.05, 0.1) is 12.8 Å². The van der Waals surface area contributed by atoms with Crippen LogP contribution in [-0.2, 0) is 19.2 Å². The fraction of sp³-hybridized carbons (Fsp3) is 0.810. The van der Waals surface area contributed by atoms with Gasteiger partial charge in [0.25, 0.3) is 0 Å². The number of carbonyl (C=O) groups is 4. The molecule has 0 aliphatic rings. The first kappa shape index (κ1) is 25.9. The lowest BCUT2D eigenvalue weighted by Gasteiger charge is -2.17. The SMILES string of the molecule is CCC(C)C(=O)CC(=O)C(C)(C)C.CCC(C)C(=O)CC(=O)C(C)C. The molecule has 0 rings (SSSR count). The maximum atomic E-state index is 11.5. The summed E-state index contributed by atoms with van der Waals surface area (Å²) in [6.07, 6.45) is 1.85. The highest BCUT2D eigenvalue weighted by atomic mass is 16.2. The van der Waals surface area contributed by atoms with Crippen LogP contribution in [0.4, 0.5) is 0 Å². The number of rotatable bonds is 9. The van der Waals surface area contributed by atoms with Crippen LogP contribution in [0, 0.1) is 23.2 Å². The third kappa shape index (κ3) is 11.8. The second kappa shape index (κ2) is 12.1. The number of ketones is 4. The quantitative estimate of drug-likeness (QED) is 0.556. The Morgan fingerprint density at radius 1 is 0.680 bits per heavy atom. The van der Waals surface area contributed by atoms with Crippen molar-refractivity contribution in [1.82, 2.24) is 0 Å². The van der Waals surface area contributed by atoms with E-state index < -0.39 is 0 Å². The lowest BCUT2D eigenvalue weighted by atomic mass is 9.86. The smallest absolute Gasteiger partial charge is 0.145 e. The van der Waals surface area contributed by atoms with Gasteiger partial charge in [-0.15, -0.1) is 0 Å². The van der Waals surface area contributed by atoms with Crippen LogP contribution in [-0.4, -0.2) is 23.1 Å². The molecular formula is C21H38O4. The molecule has 0 saturated carbocycles. The van der Waals surface area contributed by atoms with Crippen LogP contribution in [0.2, 0.25) is 0 Å². The van der Waals surface area contributed by atoms with Gasteiger partial charge in [0, 0.05) is 23.2 Å². The molecule has 4 heteroatoms. The predicted octanol–water partition coefficient (Wildman–Crippen LogP) is 4.82. The van der Waals surface area contributed by atoms with Gasteiger partial charge in [-0.3, -0.25) is 19.2 Å². The number of hydrogen-bond donors (Lipinski definition) is 0. The minimum absolute atomic E-state index is 0.0157. The molecule has 0 amide bonds. The van der Waals surface area contributed by atoms with Crippen LogP contribution in [0.15, 0.2) is 0 Å². The van der Waals surface area contributed by atoms with E-state index in [2.05, 4.69) is 0 Å². The molecular weight excluding hydrogens is 316 g/mol. The van der Waals surface area contributed by atoms with Gasteiger partial charge in [-0.05, 0) is 12.8 Å². The Morgan fingerprint density at radius 2 is 1.04 bits per heavy atom. The van der Waals surface area contributed by atoms with Gasteiger partial charge in [-0.2, -0.15) is 0 Å². The van der Waals surface area contributed by atoms with Crippen LogP contribution in [0.5, 0.6) is 0 Å². The van der Waals surface area contributed by atoms with Crippen LogP contribution in [0.3, 0.4) is 0 Å². The van der Waals surface area contributed by atoms with E-state index in [-0.39, 0.29) is 59.1 Å². The third-order valence-corrected chi connectivity index (χ3v) is 4.49. The summed E-state index contributed by atoms with van der Waals surface area (Å²) >= 11 is 0. The summed E-state index contributed by atoms with van der Waals surface area (Å²) in [6.45, 7) is 16.9. The van der Waals surface area contributed by atoms with E-state index >= 15 is 0 Å². The van der Waals surface area contributed by atoms with Gasteiger partial charge >= 0.3 is 0 Å². The molecule has 0 fully saturated rings. The molecule has 0 saturated heterocycles. The second-order valence-electron chi connectivity index (χ2n) is 8.20. The molecule has 0 aromatic rings. The Kier molecular flexibility index (Phi) is 12.5. The maximum absolute atomic E-state index is 11.5. The first-order chi connectivity index (χ1) is 11.3. The van der Waals surface area contributed by atoms with E-state index in [1.807, 2.05) is 62.3 Å². The highest BCUT2D eigenvalue weighted by molar-refractivity contribution is 6.02. The van der Waals surface area contributed by atoms with Crippen molar-refractivity contribution in [3.8, 4) is 0 Å². The third-order valence-electron chi connectivity index (χ3n) is 4.49. The Labute approximate surface area is 154 Å². The van der Waals surface area contributed by atoms with Crippen LogP contribution in [0.25, 0.3) is 0 Å². The van der Waals surface area contributed by atoms with Gasteiger partial charge < -0.3 is 0 Å². The van der Waals surface area contributed by atoms with Crippen LogP contribution < -0.4 is 0 Å². The summed E-state index contributed by atoms with van der Waals surface area (Å²) in [6, 6.07) is 0. The van der Waals surface area contributed by atoms with E-state index in [0.29, 0.717) is 0 Å².